The number of hydrogen-bond acceptors (Lipinski definition) is 3. The Hall–Kier alpha value is -1.40. The predicted octanol–water partition coefficient (Wildman–Crippen LogP) is 3.81. The minimum atomic E-state index is -3.47. The van der Waals surface area contributed by atoms with Crippen molar-refractivity contribution >= 4 is 15.9 Å². The molecule has 5 nitrogen and oxygen atoms in total. The van der Waals surface area contributed by atoms with Gasteiger partial charge >= 0.3 is 0 Å². The van der Waals surface area contributed by atoms with Gasteiger partial charge in [-0.3, -0.25) is 4.79 Å². The zero-order chi connectivity index (χ0) is 19.7. The molecule has 1 amide bonds. The lowest BCUT2D eigenvalue weighted by Gasteiger charge is -2.28. The summed E-state index contributed by atoms with van der Waals surface area (Å²) in [5.74, 6) is 2.11. The summed E-state index contributed by atoms with van der Waals surface area (Å²) in [5.41, 5.74) is 0.532. The fourth-order valence-corrected chi connectivity index (χ4v) is 7.03. The first-order valence-corrected chi connectivity index (χ1v) is 12.3. The van der Waals surface area contributed by atoms with E-state index < -0.39 is 10.0 Å². The Morgan fingerprint density at radius 3 is 2.29 bits per heavy atom. The van der Waals surface area contributed by atoms with E-state index >= 15 is 0 Å². The van der Waals surface area contributed by atoms with Crippen LogP contribution in [-0.2, 0) is 10.0 Å². The Morgan fingerprint density at radius 2 is 1.71 bits per heavy atom. The maximum Gasteiger partial charge on any atom is 0.251 e. The Labute approximate surface area is 168 Å². The van der Waals surface area contributed by atoms with Crippen LogP contribution in [0.4, 0.5) is 0 Å². The molecule has 1 heterocycles. The van der Waals surface area contributed by atoms with Crippen molar-refractivity contribution < 1.29 is 13.2 Å². The van der Waals surface area contributed by atoms with Crippen molar-refractivity contribution in [1.82, 2.24) is 9.62 Å². The molecule has 1 aromatic rings. The molecule has 2 saturated carbocycles. The average molecular weight is 405 g/mol. The molecule has 154 valence electrons. The number of nitrogens with zero attached hydrogens (tertiary/aromatic N) is 1. The van der Waals surface area contributed by atoms with Crippen LogP contribution in [-0.4, -0.2) is 37.8 Å². The van der Waals surface area contributed by atoms with E-state index in [1.54, 1.807) is 28.6 Å². The van der Waals surface area contributed by atoms with Gasteiger partial charge in [0.15, 0.2) is 0 Å². The maximum atomic E-state index is 12.9. The lowest BCUT2D eigenvalue weighted by atomic mass is 9.84. The Balaban J connectivity index is 1.40. The summed E-state index contributed by atoms with van der Waals surface area (Å²) in [4.78, 5) is 12.9. The van der Waals surface area contributed by atoms with Gasteiger partial charge in [0.1, 0.15) is 0 Å². The molecule has 1 saturated heterocycles. The SMILES string of the molecule is C[C@H](NC(=O)c1ccc(S(=O)(=O)N2CCCCCC2)cc1)[C@H]1C[C@@H]2CC[C@H]1C2. The van der Waals surface area contributed by atoms with E-state index in [0.29, 0.717) is 24.6 Å². The molecule has 1 N–H and O–H groups in total. The summed E-state index contributed by atoms with van der Waals surface area (Å²) in [7, 11) is -3.47. The molecular formula is C22H32N2O3S. The van der Waals surface area contributed by atoms with E-state index in [1.165, 1.54) is 25.7 Å². The van der Waals surface area contributed by atoms with Crippen LogP contribution in [0.25, 0.3) is 0 Å². The van der Waals surface area contributed by atoms with Crippen molar-refractivity contribution in [2.24, 2.45) is 17.8 Å². The molecule has 2 aliphatic carbocycles. The third kappa shape index (κ3) is 3.99. The summed E-state index contributed by atoms with van der Waals surface area (Å²) < 4.78 is 27.3. The van der Waals surface area contributed by atoms with Crippen LogP contribution in [0.1, 0.15) is 68.6 Å². The molecule has 1 aliphatic heterocycles. The zero-order valence-electron chi connectivity index (χ0n) is 16.8. The topological polar surface area (TPSA) is 66.5 Å². The van der Waals surface area contributed by atoms with Crippen LogP contribution in [0.15, 0.2) is 29.2 Å². The predicted molar refractivity (Wildman–Crippen MR) is 110 cm³/mol. The second kappa shape index (κ2) is 8.15. The summed E-state index contributed by atoms with van der Waals surface area (Å²) in [6.07, 6.45) is 9.24. The highest BCUT2D eigenvalue weighted by Crippen LogP contribution is 2.49. The monoisotopic (exact) mass is 404 g/mol. The molecule has 0 aromatic heterocycles. The second-order valence-corrected chi connectivity index (χ2v) is 10.9. The van der Waals surface area contributed by atoms with E-state index in [0.717, 1.165) is 37.5 Å². The minimum absolute atomic E-state index is 0.103. The van der Waals surface area contributed by atoms with Crippen LogP contribution in [0.2, 0.25) is 0 Å². The van der Waals surface area contributed by atoms with Crippen molar-refractivity contribution in [3.05, 3.63) is 29.8 Å². The number of fused-ring (bicyclic) bond motifs is 2. The molecule has 2 bridgehead atoms. The van der Waals surface area contributed by atoms with Gasteiger partial charge in [-0.2, -0.15) is 4.31 Å². The highest BCUT2D eigenvalue weighted by atomic mass is 32.2. The van der Waals surface area contributed by atoms with Gasteiger partial charge < -0.3 is 5.32 Å². The molecule has 4 atom stereocenters. The Bertz CT molecular complexity index is 798. The van der Waals surface area contributed by atoms with Crippen molar-refractivity contribution in [2.75, 3.05) is 13.1 Å². The number of sulfonamides is 1. The maximum absolute atomic E-state index is 12.9. The second-order valence-electron chi connectivity index (χ2n) is 8.94. The molecule has 3 aliphatic rings. The Morgan fingerprint density at radius 1 is 1.04 bits per heavy atom. The molecule has 0 unspecified atom stereocenters. The number of carbonyl (C=O) groups is 1. The number of benzene rings is 1. The normalized spacial score (nSPS) is 29.4. The minimum Gasteiger partial charge on any atom is -0.349 e. The quantitative estimate of drug-likeness (QED) is 0.812. The van der Waals surface area contributed by atoms with Gasteiger partial charge in [-0.05, 0) is 81.0 Å². The van der Waals surface area contributed by atoms with Gasteiger partial charge in [0.2, 0.25) is 10.0 Å². The molecule has 3 fully saturated rings. The number of nitrogens with one attached hydrogen (secondary N) is 1. The molecule has 6 heteroatoms. The van der Waals surface area contributed by atoms with Crippen LogP contribution in [0.3, 0.4) is 0 Å². The first kappa shape index (κ1) is 19.9. The standard InChI is InChI=1S/C22H32N2O3S/c1-16(21-15-17-6-7-19(21)14-17)23-22(25)18-8-10-20(11-9-18)28(26,27)24-12-4-2-3-5-13-24/h8-11,16-17,19,21H,2-7,12-15H2,1H3,(H,23,25)/t16-,17+,19-,21+/m0/s1. The molecule has 1 aromatic carbocycles. The number of rotatable bonds is 5. The lowest BCUT2D eigenvalue weighted by Crippen LogP contribution is -2.40. The van der Waals surface area contributed by atoms with Crippen molar-refractivity contribution in [1.29, 1.82) is 0 Å². The van der Waals surface area contributed by atoms with E-state index in [4.69, 9.17) is 0 Å². The van der Waals surface area contributed by atoms with Gasteiger partial charge in [-0.15, -0.1) is 0 Å². The molecule has 4 rings (SSSR count). The van der Waals surface area contributed by atoms with Crippen molar-refractivity contribution in [2.45, 2.75) is 69.2 Å². The third-order valence-corrected chi connectivity index (χ3v) is 9.03. The molecular weight excluding hydrogens is 372 g/mol. The molecule has 28 heavy (non-hydrogen) atoms. The van der Waals surface area contributed by atoms with Crippen LogP contribution >= 0.6 is 0 Å². The van der Waals surface area contributed by atoms with Crippen LogP contribution in [0, 0.1) is 17.8 Å². The smallest absolute Gasteiger partial charge is 0.251 e. The first-order chi connectivity index (χ1) is 13.4. The third-order valence-electron chi connectivity index (χ3n) is 7.11. The van der Waals surface area contributed by atoms with Crippen molar-refractivity contribution in [3.8, 4) is 0 Å². The van der Waals surface area contributed by atoms with Gasteiger partial charge in [-0.25, -0.2) is 8.42 Å². The van der Waals surface area contributed by atoms with Gasteiger partial charge in [0, 0.05) is 24.7 Å². The fraction of sp³-hybridized carbons (Fsp3) is 0.682. The summed E-state index contributed by atoms with van der Waals surface area (Å²) in [5, 5.41) is 3.15. The summed E-state index contributed by atoms with van der Waals surface area (Å²) in [6.45, 7) is 3.29. The first-order valence-electron chi connectivity index (χ1n) is 10.9. The van der Waals surface area contributed by atoms with Crippen LogP contribution < -0.4 is 5.32 Å². The Kier molecular flexibility index (Phi) is 5.79. The van der Waals surface area contributed by atoms with Crippen LogP contribution in [0.5, 0.6) is 0 Å². The zero-order valence-corrected chi connectivity index (χ0v) is 17.6. The number of amides is 1. The summed E-state index contributed by atoms with van der Waals surface area (Å²) in [6, 6.07) is 6.62. The fourth-order valence-electron chi connectivity index (χ4n) is 5.51. The van der Waals surface area contributed by atoms with Gasteiger partial charge in [0.05, 0.1) is 4.90 Å². The lowest BCUT2D eigenvalue weighted by molar-refractivity contribution is 0.0915. The van der Waals surface area contributed by atoms with E-state index in [2.05, 4.69) is 12.2 Å². The average Bonchev–Trinajstić information content (AvgIpc) is 3.22. The summed E-state index contributed by atoms with van der Waals surface area (Å²) >= 11 is 0. The molecule has 0 spiro atoms. The molecule has 0 radical (unpaired) electrons. The van der Waals surface area contributed by atoms with E-state index in [1.807, 2.05) is 0 Å². The largest absolute Gasteiger partial charge is 0.349 e. The van der Waals surface area contributed by atoms with Gasteiger partial charge in [-0.1, -0.05) is 19.3 Å². The number of carbonyl (C=O) groups excluding carboxylic acids is 1. The highest BCUT2D eigenvalue weighted by Gasteiger charge is 2.42. The van der Waals surface area contributed by atoms with Crippen molar-refractivity contribution in [3.63, 3.8) is 0 Å². The van der Waals surface area contributed by atoms with Gasteiger partial charge in [0.25, 0.3) is 5.91 Å². The van der Waals surface area contributed by atoms with E-state index in [9.17, 15) is 13.2 Å². The highest BCUT2D eigenvalue weighted by molar-refractivity contribution is 7.89. The van der Waals surface area contributed by atoms with E-state index in [-0.39, 0.29) is 16.8 Å². The number of hydrogen-bond donors (Lipinski definition) is 1.